The van der Waals surface area contributed by atoms with Crippen LogP contribution in [0.4, 0.5) is 0 Å². The fourth-order valence-electron chi connectivity index (χ4n) is 1.79. The minimum Gasteiger partial charge on any atom is -0.295 e. The largest absolute Gasteiger partial charge is 0.295 e. The molecule has 0 bridgehead atoms. The average Bonchev–Trinajstić information content (AvgIpc) is 2.75. The SMILES string of the molecule is CN(CC(=O)c1ccc(Cl)s1)Cc1cccc(Br)c1. The number of carbonyl (C=O) groups is 1. The number of halogens is 2. The molecular weight excluding hydrogens is 346 g/mol. The molecule has 0 saturated heterocycles. The van der Waals surface area contributed by atoms with Gasteiger partial charge in [-0.15, -0.1) is 11.3 Å². The summed E-state index contributed by atoms with van der Waals surface area (Å²) in [5, 5.41) is 0. The summed E-state index contributed by atoms with van der Waals surface area (Å²) in [7, 11) is 1.94. The number of Topliss-reactive ketones (excluding diaryl/α,β-unsaturated/α-hetero) is 1. The van der Waals surface area contributed by atoms with Crippen molar-refractivity contribution in [2.24, 2.45) is 0 Å². The number of carbonyl (C=O) groups excluding carboxylic acids is 1. The lowest BCUT2D eigenvalue weighted by Gasteiger charge is -2.15. The Balaban J connectivity index is 1.94. The third-order valence-corrected chi connectivity index (χ3v) is 4.37. The maximum Gasteiger partial charge on any atom is 0.186 e. The lowest BCUT2D eigenvalue weighted by Crippen LogP contribution is -2.25. The molecule has 2 aromatic rings. The molecule has 0 saturated carbocycles. The van der Waals surface area contributed by atoms with Crippen LogP contribution in [0.25, 0.3) is 0 Å². The molecule has 100 valence electrons. The molecule has 0 unspecified atom stereocenters. The molecule has 0 amide bonds. The van der Waals surface area contributed by atoms with E-state index in [9.17, 15) is 4.79 Å². The highest BCUT2D eigenvalue weighted by atomic mass is 79.9. The highest BCUT2D eigenvalue weighted by molar-refractivity contribution is 9.10. The van der Waals surface area contributed by atoms with Crippen LogP contribution in [0.5, 0.6) is 0 Å². The first-order valence-electron chi connectivity index (χ1n) is 5.76. The predicted molar refractivity (Wildman–Crippen MR) is 84.1 cm³/mol. The Bertz CT molecular complexity index is 584. The van der Waals surface area contributed by atoms with Gasteiger partial charge >= 0.3 is 0 Å². The van der Waals surface area contributed by atoms with Crippen LogP contribution in [0.3, 0.4) is 0 Å². The van der Waals surface area contributed by atoms with E-state index in [0.29, 0.717) is 15.8 Å². The standard InChI is InChI=1S/C14H13BrClNOS/c1-17(8-10-3-2-4-11(15)7-10)9-12(18)13-5-6-14(16)19-13/h2-7H,8-9H2,1H3. The van der Waals surface area contributed by atoms with Crippen LogP contribution in [0.1, 0.15) is 15.2 Å². The molecule has 1 heterocycles. The van der Waals surface area contributed by atoms with Crippen molar-refractivity contribution in [2.45, 2.75) is 6.54 Å². The molecule has 1 aromatic heterocycles. The van der Waals surface area contributed by atoms with E-state index in [2.05, 4.69) is 22.0 Å². The summed E-state index contributed by atoms with van der Waals surface area (Å²) in [6.45, 7) is 1.13. The van der Waals surface area contributed by atoms with Crippen molar-refractivity contribution >= 4 is 44.7 Å². The van der Waals surface area contributed by atoms with Crippen LogP contribution >= 0.6 is 38.9 Å². The monoisotopic (exact) mass is 357 g/mol. The summed E-state index contributed by atoms with van der Waals surface area (Å²) >= 11 is 10.6. The van der Waals surface area contributed by atoms with Crippen molar-refractivity contribution in [3.63, 3.8) is 0 Å². The Morgan fingerprint density at radius 2 is 2.16 bits per heavy atom. The van der Waals surface area contributed by atoms with Crippen LogP contribution < -0.4 is 0 Å². The van der Waals surface area contributed by atoms with Gasteiger partial charge in [-0.3, -0.25) is 9.69 Å². The molecule has 5 heteroatoms. The second-order valence-corrected chi connectivity index (χ2v) is 6.96. The Labute approximate surface area is 130 Å². The highest BCUT2D eigenvalue weighted by Gasteiger charge is 2.12. The van der Waals surface area contributed by atoms with E-state index in [1.165, 1.54) is 16.9 Å². The molecule has 0 N–H and O–H groups in total. The minimum atomic E-state index is 0.106. The normalized spacial score (nSPS) is 10.9. The first kappa shape index (κ1) is 14.7. The quantitative estimate of drug-likeness (QED) is 0.735. The summed E-state index contributed by atoms with van der Waals surface area (Å²) in [6.07, 6.45) is 0. The zero-order chi connectivity index (χ0) is 13.8. The van der Waals surface area contributed by atoms with Crippen LogP contribution in [0.2, 0.25) is 4.34 Å². The van der Waals surface area contributed by atoms with E-state index in [1.807, 2.05) is 30.1 Å². The molecule has 0 aliphatic heterocycles. The van der Waals surface area contributed by atoms with Crippen LogP contribution in [-0.2, 0) is 6.54 Å². The van der Waals surface area contributed by atoms with Gasteiger partial charge in [0, 0.05) is 11.0 Å². The summed E-state index contributed by atoms with van der Waals surface area (Å²) in [6, 6.07) is 11.6. The Morgan fingerprint density at radius 3 is 2.79 bits per heavy atom. The molecule has 2 nitrogen and oxygen atoms in total. The number of ketones is 1. The number of likely N-dealkylation sites (N-methyl/N-ethyl adjacent to an activating group) is 1. The van der Waals surface area contributed by atoms with Crippen LogP contribution in [0, 0.1) is 0 Å². The number of thiophene rings is 1. The van der Waals surface area contributed by atoms with Gasteiger partial charge in [0.2, 0.25) is 0 Å². The van der Waals surface area contributed by atoms with Gasteiger partial charge in [0.15, 0.2) is 5.78 Å². The highest BCUT2D eigenvalue weighted by Crippen LogP contribution is 2.22. The van der Waals surface area contributed by atoms with E-state index in [0.717, 1.165) is 11.0 Å². The lowest BCUT2D eigenvalue weighted by atomic mass is 10.2. The van der Waals surface area contributed by atoms with Crippen molar-refractivity contribution in [1.82, 2.24) is 4.90 Å². The zero-order valence-electron chi connectivity index (χ0n) is 10.4. The fraction of sp³-hybridized carbons (Fsp3) is 0.214. The number of hydrogen-bond donors (Lipinski definition) is 0. The zero-order valence-corrected chi connectivity index (χ0v) is 13.6. The maximum absolute atomic E-state index is 12.0. The molecule has 0 aliphatic rings. The first-order valence-corrected chi connectivity index (χ1v) is 7.75. The van der Waals surface area contributed by atoms with Crippen LogP contribution in [0.15, 0.2) is 40.9 Å². The van der Waals surface area contributed by atoms with E-state index in [-0.39, 0.29) is 5.78 Å². The predicted octanol–water partition coefficient (Wildman–Crippen LogP) is 4.48. The van der Waals surface area contributed by atoms with Gasteiger partial charge in [-0.1, -0.05) is 39.7 Å². The molecule has 0 aliphatic carbocycles. The van der Waals surface area contributed by atoms with Gasteiger partial charge in [0.05, 0.1) is 15.8 Å². The van der Waals surface area contributed by atoms with E-state index in [1.54, 1.807) is 12.1 Å². The van der Waals surface area contributed by atoms with E-state index in [4.69, 9.17) is 11.6 Å². The Morgan fingerprint density at radius 1 is 1.37 bits per heavy atom. The van der Waals surface area contributed by atoms with E-state index < -0.39 is 0 Å². The number of rotatable bonds is 5. The molecule has 0 fully saturated rings. The first-order chi connectivity index (χ1) is 9.04. The van der Waals surface area contributed by atoms with Gasteiger partial charge in [0.1, 0.15) is 0 Å². The summed E-state index contributed by atoms with van der Waals surface area (Å²) in [4.78, 5) is 14.7. The van der Waals surface area contributed by atoms with Gasteiger partial charge in [-0.25, -0.2) is 0 Å². The lowest BCUT2D eigenvalue weighted by molar-refractivity contribution is 0.0947. The third kappa shape index (κ3) is 4.42. The molecule has 2 rings (SSSR count). The smallest absolute Gasteiger partial charge is 0.186 e. The number of hydrogen-bond acceptors (Lipinski definition) is 3. The van der Waals surface area contributed by atoms with Gasteiger partial charge < -0.3 is 0 Å². The van der Waals surface area contributed by atoms with Crippen molar-refractivity contribution in [3.05, 3.63) is 55.6 Å². The fourth-order valence-corrected chi connectivity index (χ4v) is 3.21. The van der Waals surface area contributed by atoms with E-state index >= 15 is 0 Å². The molecule has 19 heavy (non-hydrogen) atoms. The van der Waals surface area contributed by atoms with Crippen molar-refractivity contribution in [2.75, 3.05) is 13.6 Å². The Hall–Kier alpha value is -0.680. The van der Waals surface area contributed by atoms with Crippen molar-refractivity contribution in [1.29, 1.82) is 0 Å². The molecule has 0 spiro atoms. The molecular formula is C14H13BrClNOS. The second-order valence-electron chi connectivity index (χ2n) is 4.33. The topological polar surface area (TPSA) is 20.3 Å². The van der Waals surface area contributed by atoms with Gasteiger partial charge in [0.25, 0.3) is 0 Å². The molecule has 0 radical (unpaired) electrons. The summed E-state index contributed by atoms with van der Waals surface area (Å²) in [5.74, 6) is 0.106. The van der Waals surface area contributed by atoms with Gasteiger partial charge in [-0.05, 0) is 36.9 Å². The number of nitrogens with zero attached hydrogens (tertiary/aromatic N) is 1. The average molecular weight is 359 g/mol. The van der Waals surface area contributed by atoms with Crippen molar-refractivity contribution < 1.29 is 4.79 Å². The molecule has 1 aromatic carbocycles. The maximum atomic E-state index is 12.0. The third-order valence-electron chi connectivity index (χ3n) is 2.60. The van der Waals surface area contributed by atoms with Crippen LogP contribution in [-0.4, -0.2) is 24.3 Å². The number of benzene rings is 1. The second kappa shape index (κ2) is 6.66. The summed E-state index contributed by atoms with van der Waals surface area (Å²) in [5.41, 5.74) is 1.17. The van der Waals surface area contributed by atoms with Gasteiger partial charge in [-0.2, -0.15) is 0 Å². The Kier molecular flexibility index (Phi) is 5.16. The molecule has 0 atom stereocenters. The van der Waals surface area contributed by atoms with Crippen molar-refractivity contribution in [3.8, 4) is 0 Å². The summed E-state index contributed by atoms with van der Waals surface area (Å²) < 4.78 is 1.70. The minimum absolute atomic E-state index is 0.106.